The third kappa shape index (κ3) is 1.82. The lowest BCUT2D eigenvalue weighted by Crippen LogP contribution is -2.43. The molecule has 0 aliphatic carbocycles. The van der Waals surface area contributed by atoms with Crippen molar-refractivity contribution in [3.63, 3.8) is 0 Å². The number of piperidine rings is 1. The quantitative estimate of drug-likeness (QED) is 0.590. The maximum atomic E-state index is 12.3. The Kier molecular flexibility index (Phi) is 2.63. The number of nitrogens with one attached hydrogen (secondary N) is 1. The van der Waals surface area contributed by atoms with Crippen LogP contribution in [0.1, 0.15) is 18.9 Å². The van der Waals surface area contributed by atoms with E-state index in [4.69, 9.17) is 5.73 Å². The molecule has 1 unspecified atom stereocenters. The number of amides is 2. The van der Waals surface area contributed by atoms with Crippen LogP contribution in [0.5, 0.6) is 0 Å². The maximum absolute atomic E-state index is 12.3. The summed E-state index contributed by atoms with van der Waals surface area (Å²) < 4.78 is 2.08. The molecule has 2 heterocycles. The Morgan fingerprint density at radius 1 is 1.32 bits per heavy atom. The molecule has 0 spiro atoms. The minimum Gasteiger partial charge on any atom is -0.398 e. The number of benzene rings is 1. The van der Waals surface area contributed by atoms with Gasteiger partial charge in [0.2, 0.25) is 5.91 Å². The van der Waals surface area contributed by atoms with Crippen molar-refractivity contribution in [2.45, 2.75) is 18.9 Å². The second kappa shape index (κ2) is 4.20. The number of rotatable bonds is 1. The number of anilines is 1. The molecule has 1 aliphatic heterocycles. The van der Waals surface area contributed by atoms with Gasteiger partial charge in [0.1, 0.15) is 6.04 Å². The van der Waals surface area contributed by atoms with Gasteiger partial charge in [0.05, 0.1) is 15.8 Å². The molecule has 0 bridgehead atoms. The molecule has 98 valence electrons. The van der Waals surface area contributed by atoms with E-state index in [0.717, 1.165) is 0 Å². The van der Waals surface area contributed by atoms with Crippen LogP contribution in [0.4, 0.5) is 5.69 Å². The van der Waals surface area contributed by atoms with E-state index < -0.39 is 11.9 Å². The van der Waals surface area contributed by atoms with Gasteiger partial charge in [0.25, 0.3) is 11.5 Å². The van der Waals surface area contributed by atoms with E-state index >= 15 is 0 Å². The molecule has 0 radical (unpaired) electrons. The molecule has 19 heavy (non-hydrogen) atoms. The number of nitrogens with two attached hydrogens (primary N) is 1. The van der Waals surface area contributed by atoms with E-state index in [-0.39, 0.29) is 17.9 Å². The van der Waals surface area contributed by atoms with E-state index in [2.05, 4.69) is 5.32 Å². The third-order valence-electron chi connectivity index (χ3n) is 3.16. The molecule has 3 rings (SSSR count). The summed E-state index contributed by atoms with van der Waals surface area (Å²) in [5.41, 5.74) is 6.11. The van der Waals surface area contributed by atoms with Crippen LogP contribution >= 0.6 is 11.5 Å². The van der Waals surface area contributed by atoms with E-state index in [0.29, 0.717) is 22.2 Å². The number of fused-ring (bicyclic) bond motifs is 1. The monoisotopic (exact) mass is 277 g/mol. The molecule has 1 aromatic heterocycles. The molecule has 3 N–H and O–H groups in total. The van der Waals surface area contributed by atoms with Gasteiger partial charge in [-0.3, -0.25) is 23.7 Å². The average Bonchev–Trinajstić information content (AvgIpc) is 2.69. The van der Waals surface area contributed by atoms with Crippen molar-refractivity contribution < 1.29 is 9.59 Å². The highest BCUT2D eigenvalue weighted by molar-refractivity contribution is 7.14. The van der Waals surface area contributed by atoms with Crippen molar-refractivity contribution in [2.75, 3.05) is 5.73 Å². The van der Waals surface area contributed by atoms with Crippen LogP contribution in [0.2, 0.25) is 0 Å². The first-order valence-corrected chi connectivity index (χ1v) is 6.59. The van der Waals surface area contributed by atoms with Crippen LogP contribution in [0.3, 0.4) is 0 Å². The summed E-state index contributed by atoms with van der Waals surface area (Å²) in [5.74, 6) is -0.724. The van der Waals surface area contributed by atoms with Gasteiger partial charge >= 0.3 is 0 Å². The molecular weight excluding hydrogens is 266 g/mol. The molecule has 1 fully saturated rings. The molecule has 2 amide bonds. The summed E-state index contributed by atoms with van der Waals surface area (Å²) in [7, 11) is 0. The van der Waals surface area contributed by atoms with Crippen LogP contribution in [0.15, 0.2) is 23.0 Å². The summed E-state index contributed by atoms with van der Waals surface area (Å²) in [4.78, 5) is 35.2. The highest BCUT2D eigenvalue weighted by Gasteiger charge is 2.30. The Labute approximate surface area is 112 Å². The molecule has 7 heteroatoms. The van der Waals surface area contributed by atoms with Crippen molar-refractivity contribution in [1.82, 2.24) is 9.27 Å². The summed E-state index contributed by atoms with van der Waals surface area (Å²) in [5, 5.41) is 2.76. The van der Waals surface area contributed by atoms with Crippen LogP contribution in [-0.2, 0) is 9.59 Å². The molecule has 2 aromatic rings. The minimum atomic E-state index is -0.623. The summed E-state index contributed by atoms with van der Waals surface area (Å²) in [6.07, 6.45) is 0.587. The Bertz CT molecular complexity index is 746. The van der Waals surface area contributed by atoms with Gasteiger partial charge in [-0.1, -0.05) is 17.6 Å². The second-order valence-electron chi connectivity index (χ2n) is 4.41. The van der Waals surface area contributed by atoms with E-state index in [9.17, 15) is 14.4 Å². The normalized spacial score (nSPS) is 19.7. The first-order chi connectivity index (χ1) is 9.08. The van der Waals surface area contributed by atoms with E-state index in [1.807, 2.05) is 0 Å². The number of carbonyl (C=O) groups is 2. The Hall–Kier alpha value is -2.15. The standard InChI is InChI=1S/C12H11N3O3S/c13-7-3-1-2-6-10(7)19-15(12(6)18)8-4-5-9(16)14-11(8)17/h1-3,8H,4-5,13H2,(H,14,16,17). The predicted octanol–water partition coefficient (Wildman–Crippen LogP) is 0.623. The fourth-order valence-corrected chi connectivity index (χ4v) is 3.33. The molecule has 1 atom stereocenters. The van der Waals surface area contributed by atoms with E-state index in [1.54, 1.807) is 18.2 Å². The number of imide groups is 1. The first-order valence-electron chi connectivity index (χ1n) is 5.81. The van der Waals surface area contributed by atoms with Crippen molar-refractivity contribution in [3.8, 4) is 0 Å². The Morgan fingerprint density at radius 2 is 2.11 bits per heavy atom. The van der Waals surface area contributed by atoms with Crippen molar-refractivity contribution in [1.29, 1.82) is 0 Å². The Morgan fingerprint density at radius 3 is 2.79 bits per heavy atom. The Balaban J connectivity index is 2.13. The van der Waals surface area contributed by atoms with Gasteiger partial charge in [-0.2, -0.15) is 0 Å². The van der Waals surface area contributed by atoms with Gasteiger partial charge in [-0.25, -0.2) is 0 Å². The molecule has 1 saturated heterocycles. The molecule has 1 aromatic carbocycles. The summed E-state index contributed by atoms with van der Waals surface area (Å²) >= 11 is 1.17. The average molecular weight is 277 g/mol. The van der Waals surface area contributed by atoms with Gasteiger partial charge in [0.15, 0.2) is 0 Å². The van der Waals surface area contributed by atoms with Gasteiger partial charge in [-0.05, 0) is 18.6 Å². The SMILES string of the molecule is Nc1cccc2c(=O)n(C3CCC(=O)NC3=O)sc12. The highest BCUT2D eigenvalue weighted by atomic mass is 32.1. The molecule has 0 saturated carbocycles. The van der Waals surface area contributed by atoms with Gasteiger partial charge in [-0.15, -0.1) is 0 Å². The fourth-order valence-electron chi connectivity index (χ4n) is 2.19. The van der Waals surface area contributed by atoms with Gasteiger partial charge in [0, 0.05) is 6.42 Å². The second-order valence-corrected chi connectivity index (χ2v) is 5.40. The van der Waals surface area contributed by atoms with Crippen LogP contribution in [0.25, 0.3) is 10.1 Å². The lowest BCUT2D eigenvalue weighted by Gasteiger charge is -2.20. The predicted molar refractivity (Wildman–Crippen MR) is 71.9 cm³/mol. The summed E-state index contributed by atoms with van der Waals surface area (Å²) in [6, 6.07) is 4.49. The number of hydrogen-bond donors (Lipinski definition) is 2. The largest absolute Gasteiger partial charge is 0.398 e. The maximum Gasteiger partial charge on any atom is 0.269 e. The van der Waals surface area contributed by atoms with Crippen molar-refractivity contribution >= 4 is 39.1 Å². The first kappa shape index (κ1) is 11.9. The summed E-state index contributed by atoms with van der Waals surface area (Å²) in [6.45, 7) is 0. The van der Waals surface area contributed by atoms with Crippen LogP contribution in [-0.4, -0.2) is 15.8 Å². The zero-order valence-electron chi connectivity index (χ0n) is 9.88. The van der Waals surface area contributed by atoms with Crippen LogP contribution < -0.4 is 16.6 Å². The van der Waals surface area contributed by atoms with E-state index in [1.165, 1.54) is 15.5 Å². The smallest absolute Gasteiger partial charge is 0.269 e. The fraction of sp³-hybridized carbons (Fsp3) is 0.250. The third-order valence-corrected chi connectivity index (χ3v) is 4.41. The van der Waals surface area contributed by atoms with Crippen molar-refractivity contribution in [2.24, 2.45) is 0 Å². The number of aromatic nitrogens is 1. The number of nitrogen functional groups attached to an aromatic ring is 1. The molecule has 1 aliphatic rings. The lowest BCUT2D eigenvalue weighted by atomic mass is 10.1. The lowest BCUT2D eigenvalue weighted by molar-refractivity contribution is -0.135. The van der Waals surface area contributed by atoms with Gasteiger partial charge < -0.3 is 5.73 Å². The topological polar surface area (TPSA) is 94.2 Å². The number of nitrogens with zero attached hydrogens (tertiary/aromatic N) is 1. The zero-order valence-corrected chi connectivity index (χ0v) is 10.7. The highest BCUT2D eigenvalue weighted by Crippen LogP contribution is 2.27. The number of hydrogen-bond acceptors (Lipinski definition) is 5. The molecule has 6 nitrogen and oxygen atoms in total. The molecular formula is C12H11N3O3S. The number of carbonyl (C=O) groups excluding carboxylic acids is 2. The zero-order chi connectivity index (χ0) is 13.6. The van der Waals surface area contributed by atoms with Crippen molar-refractivity contribution in [3.05, 3.63) is 28.6 Å². The van der Waals surface area contributed by atoms with Crippen LogP contribution in [0, 0.1) is 0 Å². The minimum absolute atomic E-state index is 0.234.